The van der Waals surface area contributed by atoms with Gasteiger partial charge in [0.1, 0.15) is 12.4 Å². The van der Waals surface area contributed by atoms with Gasteiger partial charge in [-0.15, -0.1) is 0 Å². The van der Waals surface area contributed by atoms with Crippen LogP contribution in [0.15, 0.2) is 103 Å². The first-order valence-corrected chi connectivity index (χ1v) is 12.6. The van der Waals surface area contributed by atoms with Crippen LogP contribution in [0.1, 0.15) is 40.5 Å². The van der Waals surface area contributed by atoms with E-state index in [4.69, 9.17) is 0 Å². The average molecular weight is 498 g/mol. The fourth-order valence-corrected chi connectivity index (χ4v) is 4.31. The van der Waals surface area contributed by atoms with Gasteiger partial charge in [0.25, 0.3) is 5.91 Å². The van der Waals surface area contributed by atoms with Crippen LogP contribution in [0.3, 0.4) is 0 Å². The van der Waals surface area contributed by atoms with Crippen LogP contribution in [0, 0.1) is 5.82 Å². The van der Waals surface area contributed by atoms with Crippen molar-refractivity contribution in [2.75, 3.05) is 13.1 Å². The normalized spacial score (nSPS) is 10.8. The van der Waals surface area contributed by atoms with Crippen molar-refractivity contribution in [1.82, 2.24) is 14.4 Å². The van der Waals surface area contributed by atoms with Crippen LogP contribution < -0.4 is 0 Å². The number of benzene rings is 3. The second-order valence-electron chi connectivity index (χ2n) is 9.08. The standard InChI is InChI=1S/C31H32FN3O2/c1-2-19-34(31(37)27-12-7-4-8-13-27)24-30(36)35(22-25-10-5-3-6-11-25)23-29-14-9-20-33(29)21-26-15-17-28(32)18-16-26/h3-18,20H,2,19,21-24H2,1H3. The molecule has 6 heteroatoms. The highest BCUT2D eigenvalue weighted by molar-refractivity contribution is 5.96. The fraction of sp³-hybridized carbons (Fsp3) is 0.226. The smallest absolute Gasteiger partial charge is 0.254 e. The van der Waals surface area contributed by atoms with Gasteiger partial charge in [0.05, 0.1) is 6.54 Å². The highest BCUT2D eigenvalue weighted by atomic mass is 19.1. The maximum absolute atomic E-state index is 13.7. The van der Waals surface area contributed by atoms with Crippen molar-refractivity contribution < 1.29 is 14.0 Å². The zero-order valence-corrected chi connectivity index (χ0v) is 21.1. The van der Waals surface area contributed by atoms with Gasteiger partial charge in [-0.1, -0.05) is 67.6 Å². The van der Waals surface area contributed by atoms with E-state index >= 15 is 0 Å². The van der Waals surface area contributed by atoms with Crippen molar-refractivity contribution in [3.8, 4) is 0 Å². The van der Waals surface area contributed by atoms with Gasteiger partial charge in [0.2, 0.25) is 5.91 Å². The number of rotatable bonds is 11. The summed E-state index contributed by atoms with van der Waals surface area (Å²) in [5.41, 5.74) is 3.53. The lowest BCUT2D eigenvalue weighted by atomic mass is 10.1. The number of hydrogen-bond donors (Lipinski definition) is 0. The summed E-state index contributed by atoms with van der Waals surface area (Å²) in [6.07, 6.45) is 2.72. The van der Waals surface area contributed by atoms with Gasteiger partial charge < -0.3 is 14.4 Å². The summed E-state index contributed by atoms with van der Waals surface area (Å²) < 4.78 is 15.4. The molecule has 1 aromatic heterocycles. The lowest BCUT2D eigenvalue weighted by Crippen LogP contribution is -2.43. The van der Waals surface area contributed by atoms with Crippen molar-refractivity contribution >= 4 is 11.8 Å². The van der Waals surface area contributed by atoms with Crippen molar-refractivity contribution in [3.05, 3.63) is 131 Å². The topological polar surface area (TPSA) is 45.6 Å². The number of hydrogen-bond acceptors (Lipinski definition) is 2. The molecule has 4 rings (SSSR count). The minimum Gasteiger partial charge on any atom is -0.345 e. The summed E-state index contributed by atoms with van der Waals surface area (Å²) in [6, 6.07) is 29.3. The van der Waals surface area contributed by atoms with Gasteiger partial charge in [0, 0.05) is 37.1 Å². The molecule has 0 fully saturated rings. The van der Waals surface area contributed by atoms with Crippen molar-refractivity contribution in [2.45, 2.75) is 33.0 Å². The Morgan fingerprint density at radius 3 is 2.11 bits per heavy atom. The summed E-state index contributed by atoms with van der Waals surface area (Å²) in [6.45, 7) is 3.90. The van der Waals surface area contributed by atoms with Gasteiger partial charge in [-0.2, -0.15) is 0 Å². The second-order valence-corrected chi connectivity index (χ2v) is 9.08. The molecular weight excluding hydrogens is 465 g/mol. The number of aromatic nitrogens is 1. The molecule has 0 aliphatic carbocycles. The summed E-state index contributed by atoms with van der Waals surface area (Å²) in [5, 5.41) is 0. The molecule has 2 amide bonds. The SMILES string of the molecule is CCCN(CC(=O)N(Cc1ccccc1)Cc1cccn1Cc1ccc(F)cc1)C(=O)c1ccccc1. The van der Waals surface area contributed by atoms with E-state index in [0.29, 0.717) is 31.7 Å². The van der Waals surface area contributed by atoms with Gasteiger partial charge >= 0.3 is 0 Å². The van der Waals surface area contributed by atoms with Crippen molar-refractivity contribution in [2.24, 2.45) is 0 Å². The van der Waals surface area contributed by atoms with E-state index in [1.54, 1.807) is 34.1 Å². The first kappa shape index (κ1) is 25.9. The quantitative estimate of drug-likeness (QED) is 0.265. The molecule has 0 saturated heterocycles. The minimum absolute atomic E-state index is 0.00702. The van der Waals surface area contributed by atoms with E-state index < -0.39 is 0 Å². The molecule has 0 unspecified atom stereocenters. The fourth-order valence-electron chi connectivity index (χ4n) is 4.31. The summed E-state index contributed by atoms with van der Waals surface area (Å²) >= 11 is 0. The zero-order chi connectivity index (χ0) is 26.0. The summed E-state index contributed by atoms with van der Waals surface area (Å²) in [5.74, 6) is -0.524. The number of halogens is 1. The van der Waals surface area contributed by atoms with Gasteiger partial charge in [0.15, 0.2) is 0 Å². The lowest BCUT2D eigenvalue weighted by Gasteiger charge is -2.28. The maximum atomic E-state index is 13.7. The van der Waals surface area contributed by atoms with Crippen LogP contribution in [-0.2, 0) is 24.4 Å². The largest absolute Gasteiger partial charge is 0.345 e. The first-order valence-electron chi connectivity index (χ1n) is 12.6. The molecule has 0 N–H and O–H groups in total. The molecule has 4 aromatic rings. The van der Waals surface area contributed by atoms with Crippen LogP contribution in [0.2, 0.25) is 0 Å². The third kappa shape index (κ3) is 7.17. The van der Waals surface area contributed by atoms with Crippen molar-refractivity contribution in [1.29, 1.82) is 0 Å². The van der Waals surface area contributed by atoms with E-state index in [0.717, 1.165) is 23.2 Å². The molecule has 0 aliphatic rings. The van der Waals surface area contributed by atoms with E-state index in [1.807, 2.05) is 73.8 Å². The molecule has 37 heavy (non-hydrogen) atoms. The first-order chi connectivity index (χ1) is 18.0. The molecule has 190 valence electrons. The molecular formula is C31H32FN3O2. The van der Waals surface area contributed by atoms with Gasteiger partial charge in [-0.25, -0.2) is 4.39 Å². The zero-order valence-electron chi connectivity index (χ0n) is 21.1. The van der Waals surface area contributed by atoms with Gasteiger partial charge in [-0.05, 0) is 53.9 Å². The predicted octanol–water partition coefficient (Wildman–Crippen LogP) is 5.76. The maximum Gasteiger partial charge on any atom is 0.254 e. The summed E-state index contributed by atoms with van der Waals surface area (Å²) in [4.78, 5) is 30.3. The molecule has 0 radical (unpaired) electrons. The number of amides is 2. The van der Waals surface area contributed by atoms with E-state index in [-0.39, 0.29) is 24.2 Å². The van der Waals surface area contributed by atoms with E-state index in [2.05, 4.69) is 4.57 Å². The van der Waals surface area contributed by atoms with Crippen LogP contribution in [-0.4, -0.2) is 39.3 Å². The molecule has 0 atom stereocenters. The van der Waals surface area contributed by atoms with E-state index in [1.165, 1.54) is 12.1 Å². The van der Waals surface area contributed by atoms with Crippen LogP contribution in [0.4, 0.5) is 4.39 Å². The Hall–Kier alpha value is -4.19. The average Bonchev–Trinajstić information content (AvgIpc) is 3.36. The molecule has 1 heterocycles. The number of carbonyl (C=O) groups excluding carboxylic acids is 2. The molecule has 0 aliphatic heterocycles. The molecule has 0 bridgehead atoms. The Balaban J connectivity index is 1.55. The molecule has 5 nitrogen and oxygen atoms in total. The Labute approximate surface area is 217 Å². The summed E-state index contributed by atoms with van der Waals surface area (Å²) in [7, 11) is 0. The van der Waals surface area contributed by atoms with Crippen LogP contribution >= 0.6 is 0 Å². The minimum atomic E-state index is -0.266. The third-order valence-electron chi connectivity index (χ3n) is 6.24. The third-order valence-corrected chi connectivity index (χ3v) is 6.24. The molecule has 3 aromatic carbocycles. The van der Waals surface area contributed by atoms with Crippen LogP contribution in [0.5, 0.6) is 0 Å². The van der Waals surface area contributed by atoms with Gasteiger partial charge in [-0.3, -0.25) is 9.59 Å². The van der Waals surface area contributed by atoms with E-state index in [9.17, 15) is 14.0 Å². The molecule has 0 spiro atoms. The predicted molar refractivity (Wildman–Crippen MR) is 143 cm³/mol. The monoisotopic (exact) mass is 497 g/mol. The number of nitrogens with zero attached hydrogens (tertiary/aromatic N) is 3. The lowest BCUT2D eigenvalue weighted by molar-refractivity contribution is -0.133. The Kier molecular flexibility index (Phi) is 8.87. The number of carbonyl (C=O) groups is 2. The Bertz CT molecular complexity index is 1290. The van der Waals surface area contributed by atoms with Crippen LogP contribution in [0.25, 0.3) is 0 Å². The Morgan fingerprint density at radius 1 is 0.757 bits per heavy atom. The van der Waals surface area contributed by atoms with Crippen molar-refractivity contribution in [3.63, 3.8) is 0 Å². The highest BCUT2D eigenvalue weighted by Gasteiger charge is 2.23. The Morgan fingerprint density at radius 2 is 1.43 bits per heavy atom. The second kappa shape index (κ2) is 12.7. The molecule has 0 saturated carbocycles. The highest BCUT2D eigenvalue weighted by Crippen LogP contribution is 2.15.